The van der Waals surface area contributed by atoms with Crippen molar-refractivity contribution >= 4 is 0 Å². The zero-order chi connectivity index (χ0) is 14.3. The van der Waals surface area contributed by atoms with Gasteiger partial charge in [-0.25, -0.2) is 0 Å². The fourth-order valence-corrected chi connectivity index (χ4v) is 5.27. The Morgan fingerprint density at radius 3 is 2.42 bits per heavy atom. The molecule has 0 aromatic carbocycles. The number of aliphatic hydroxyl groups is 1. The number of nitrogens with two attached hydrogens (primary N) is 1. The highest BCUT2D eigenvalue weighted by Crippen LogP contribution is 2.59. The Morgan fingerprint density at radius 1 is 1.26 bits per heavy atom. The number of hydrogen-bond donors (Lipinski definition) is 2. The molecule has 2 rings (SSSR count). The van der Waals surface area contributed by atoms with Crippen LogP contribution >= 0.6 is 0 Å². The van der Waals surface area contributed by atoms with Crippen LogP contribution in [0.1, 0.15) is 72.6 Å². The summed E-state index contributed by atoms with van der Waals surface area (Å²) in [5, 5.41) is 11.5. The minimum absolute atomic E-state index is 0.0287. The van der Waals surface area contributed by atoms with Gasteiger partial charge in [0.2, 0.25) is 0 Å². The molecule has 0 aromatic heterocycles. The fourth-order valence-electron chi connectivity index (χ4n) is 5.27. The van der Waals surface area contributed by atoms with Gasteiger partial charge in [0.05, 0.1) is 5.60 Å². The van der Waals surface area contributed by atoms with Crippen LogP contribution in [0.25, 0.3) is 0 Å². The molecule has 2 saturated carbocycles. The van der Waals surface area contributed by atoms with E-state index < -0.39 is 5.60 Å². The molecule has 112 valence electrons. The van der Waals surface area contributed by atoms with Gasteiger partial charge < -0.3 is 10.8 Å². The zero-order valence-corrected chi connectivity index (χ0v) is 13.3. The molecule has 4 unspecified atom stereocenters. The van der Waals surface area contributed by atoms with Gasteiger partial charge in [0.15, 0.2) is 0 Å². The van der Waals surface area contributed by atoms with Crippen molar-refractivity contribution in [3.8, 4) is 0 Å². The quantitative estimate of drug-likeness (QED) is 0.818. The lowest BCUT2D eigenvalue weighted by Gasteiger charge is -2.52. The first-order chi connectivity index (χ1) is 8.78. The van der Waals surface area contributed by atoms with Gasteiger partial charge in [-0.15, -0.1) is 0 Å². The van der Waals surface area contributed by atoms with Crippen molar-refractivity contribution in [2.75, 3.05) is 6.54 Å². The summed E-state index contributed by atoms with van der Waals surface area (Å²) in [5.41, 5.74) is 5.90. The molecular formula is C17H33NO. The van der Waals surface area contributed by atoms with Crippen molar-refractivity contribution in [1.29, 1.82) is 0 Å². The Bertz CT molecular complexity index is 327. The van der Waals surface area contributed by atoms with Crippen LogP contribution in [0.4, 0.5) is 0 Å². The molecule has 2 nitrogen and oxygen atoms in total. The average Bonchev–Trinajstić information content (AvgIpc) is 2.59. The monoisotopic (exact) mass is 267 g/mol. The second-order valence-electron chi connectivity index (χ2n) is 8.23. The van der Waals surface area contributed by atoms with Gasteiger partial charge in [0.25, 0.3) is 0 Å². The van der Waals surface area contributed by atoms with Crippen LogP contribution in [-0.2, 0) is 0 Å². The molecule has 0 aliphatic heterocycles. The van der Waals surface area contributed by atoms with Crippen molar-refractivity contribution in [2.24, 2.45) is 28.4 Å². The lowest BCUT2D eigenvalue weighted by molar-refractivity contribution is -0.132. The Hall–Kier alpha value is -0.0800. The Kier molecular flexibility index (Phi) is 4.06. The van der Waals surface area contributed by atoms with E-state index in [-0.39, 0.29) is 10.8 Å². The van der Waals surface area contributed by atoms with Crippen molar-refractivity contribution < 1.29 is 5.11 Å². The summed E-state index contributed by atoms with van der Waals surface area (Å²) in [6, 6.07) is 0. The number of hydrogen-bond acceptors (Lipinski definition) is 2. The first-order valence-electron chi connectivity index (χ1n) is 8.21. The van der Waals surface area contributed by atoms with Crippen molar-refractivity contribution in [2.45, 2.75) is 78.2 Å². The second kappa shape index (κ2) is 5.04. The smallest absolute Gasteiger partial charge is 0.0746 e. The summed E-state index contributed by atoms with van der Waals surface area (Å²) in [6.07, 6.45) is 8.11. The topological polar surface area (TPSA) is 46.2 Å². The molecule has 3 N–H and O–H groups in total. The lowest BCUT2D eigenvalue weighted by Crippen LogP contribution is -2.56. The molecular weight excluding hydrogens is 234 g/mol. The SMILES string of the molecule is CCC1CCCC(CN)(C2(O)CC(C)(C)CC2C)C1. The summed E-state index contributed by atoms with van der Waals surface area (Å²) in [5.74, 6) is 1.14. The minimum Gasteiger partial charge on any atom is -0.389 e. The molecule has 2 fully saturated rings. The van der Waals surface area contributed by atoms with E-state index in [1.54, 1.807) is 0 Å². The normalized spacial score (nSPS) is 46.4. The lowest BCUT2D eigenvalue weighted by atomic mass is 9.57. The molecule has 0 radical (unpaired) electrons. The molecule has 4 atom stereocenters. The predicted molar refractivity (Wildman–Crippen MR) is 80.9 cm³/mol. The van der Waals surface area contributed by atoms with E-state index >= 15 is 0 Å². The maximum Gasteiger partial charge on any atom is 0.0746 e. The highest BCUT2D eigenvalue weighted by Gasteiger charge is 2.59. The first-order valence-corrected chi connectivity index (χ1v) is 8.21. The van der Waals surface area contributed by atoms with Gasteiger partial charge in [-0.1, -0.05) is 47.0 Å². The summed E-state index contributed by atoms with van der Waals surface area (Å²) in [7, 11) is 0. The first kappa shape index (κ1) is 15.3. The largest absolute Gasteiger partial charge is 0.389 e. The highest BCUT2D eigenvalue weighted by atomic mass is 16.3. The van der Waals surface area contributed by atoms with Crippen molar-refractivity contribution in [3.05, 3.63) is 0 Å². The Labute approximate surface area is 119 Å². The van der Waals surface area contributed by atoms with E-state index in [0.717, 1.165) is 31.6 Å². The van der Waals surface area contributed by atoms with Crippen LogP contribution in [0.3, 0.4) is 0 Å². The molecule has 19 heavy (non-hydrogen) atoms. The van der Waals surface area contributed by atoms with Gasteiger partial charge in [0.1, 0.15) is 0 Å². The summed E-state index contributed by atoms with van der Waals surface area (Å²) in [4.78, 5) is 0. The summed E-state index contributed by atoms with van der Waals surface area (Å²) in [6.45, 7) is 9.77. The molecule has 2 heteroatoms. The van der Waals surface area contributed by atoms with Crippen molar-refractivity contribution in [1.82, 2.24) is 0 Å². The standard InChI is InChI=1S/C17H33NO/c1-5-14-7-6-8-16(10-14,12-18)17(19)11-15(3,4)9-13(17)2/h13-14,19H,5-12,18H2,1-4H3. The molecule has 0 spiro atoms. The summed E-state index contributed by atoms with van der Waals surface area (Å²) < 4.78 is 0. The van der Waals surface area contributed by atoms with E-state index in [1.165, 1.54) is 19.3 Å². The molecule has 2 aliphatic carbocycles. The van der Waals surface area contributed by atoms with Gasteiger partial charge in [-0.3, -0.25) is 0 Å². The Morgan fingerprint density at radius 2 is 1.95 bits per heavy atom. The van der Waals surface area contributed by atoms with Crippen LogP contribution in [0.2, 0.25) is 0 Å². The third-order valence-electron chi connectivity index (χ3n) is 6.26. The van der Waals surface area contributed by atoms with Gasteiger partial charge in [-0.05, 0) is 42.9 Å². The third kappa shape index (κ3) is 2.47. The van der Waals surface area contributed by atoms with Crippen molar-refractivity contribution in [3.63, 3.8) is 0 Å². The summed E-state index contributed by atoms with van der Waals surface area (Å²) >= 11 is 0. The predicted octanol–water partition coefficient (Wildman–Crippen LogP) is 3.72. The average molecular weight is 267 g/mol. The van der Waals surface area contributed by atoms with Crippen LogP contribution in [0.5, 0.6) is 0 Å². The Balaban J connectivity index is 2.30. The second-order valence-corrected chi connectivity index (χ2v) is 8.23. The van der Waals surface area contributed by atoms with E-state index in [4.69, 9.17) is 5.73 Å². The van der Waals surface area contributed by atoms with Crippen LogP contribution in [0.15, 0.2) is 0 Å². The maximum absolute atomic E-state index is 11.5. The van der Waals surface area contributed by atoms with Crippen LogP contribution in [0, 0.1) is 22.7 Å². The van der Waals surface area contributed by atoms with E-state index in [2.05, 4.69) is 27.7 Å². The maximum atomic E-state index is 11.5. The third-order valence-corrected chi connectivity index (χ3v) is 6.26. The van der Waals surface area contributed by atoms with Crippen LogP contribution in [-0.4, -0.2) is 17.3 Å². The van der Waals surface area contributed by atoms with Gasteiger partial charge in [-0.2, -0.15) is 0 Å². The van der Waals surface area contributed by atoms with E-state index in [0.29, 0.717) is 12.5 Å². The van der Waals surface area contributed by atoms with E-state index in [1.807, 2.05) is 0 Å². The zero-order valence-electron chi connectivity index (χ0n) is 13.3. The number of rotatable bonds is 3. The molecule has 2 aliphatic rings. The molecule has 0 amide bonds. The van der Waals surface area contributed by atoms with E-state index in [9.17, 15) is 5.11 Å². The molecule has 0 bridgehead atoms. The van der Waals surface area contributed by atoms with Gasteiger partial charge >= 0.3 is 0 Å². The van der Waals surface area contributed by atoms with Gasteiger partial charge in [0, 0.05) is 12.0 Å². The fraction of sp³-hybridized carbons (Fsp3) is 1.00. The molecule has 0 aromatic rings. The highest BCUT2D eigenvalue weighted by molar-refractivity contribution is 5.10. The minimum atomic E-state index is -0.543. The molecule has 0 saturated heterocycles. The van der Waals surface area contributed by atoms with Crippen LogP contribution < -0.4 is 5.73 Å². The molecule has 0 heterocycles.